The van der Waals surface area contributed by atoms with E-state index < -0.39 is 0 Å². The zero-order valence-corrected chi connectivity index (χ0v) is 11.2. The van der Waals surface area contributed by atoms with Crippen LogP contribution in [0, 0.1) is 0 Å². The summed E-state index contributed by atoms with van der Waals surface area (Å²) in [4.78, 5) is 11.2. The van der Waals surface area contributed by atoms with Crippen molar-refractivity contribution in [1.82, 2.24) is 0 Å². The first-order valence-electron chi connectivity index (χ1n) is 6.13. The summed E-state index contributed by atoms with van der Waals surface area (Å²) >= 11 is 6.30. The number of hydrogen-bond acceptors (Lipinski definition) is 3. The van der Waals surface area contributed by atoms with Crippen molar-refractivity contribution < 1.29 is 14.3 Å². The van der Waals surface area contributed by atoms with E-state index in [1.54, 1.807) is 0 Å². The van der Waals surface area contributed by atoms with Crippen molar-refractivity contribution in [3.63, 3.8) is 0 Å². The van der Waals surface area contributed by atoms with Gasteiger partial charge in [-0.25, -0.2) is 0 Å². The highest BCUT2D eigenvalue weighted by Gasteiger charge is 2.18. The molecule has 0 amide bonds. The molecule has 3 nitrogen and oxygen atoms in total. The van der Waals surface area contributed by atoms with Gasteiger partial charge in [0, 0.05) is 18.2 Å². The lowest BCUT2D eigenvalue weighted by Gasteiger charge is -2.23. The Morgan fingerprint density at radius 2 is 2.17 bits per heavy atom. The molecule has 0 radical (unpaired) electrons. The fourth-order valence-corrected chi connectivity index (χ4v) is 2.62. The molecule has 0 atom stereocenters. The lowest BCUT2D eigenvalue weighted by atomic mass is 9.91. The highest BCUT2D eigenvalue weighted by Crippen LogP contribution is 2.32. The molecule has 0 aromatic heterocycles. The molecule has 1 fully saturated rings. The highest BCUT2D eigenvalue weighted by molar-refractivity contribution is 6.31. The molecule has 18 heavy (non-hydrogen) atoms. The summed E-state index contributed by atoms with van der Waals surface area (Å²) in [5, 5.41) is 0.739. The third kappa shape index (κ3) is 3.24. The normalized spacial score (nSPS) is 16.6. The van der Waals surface area contributed by atoms with Crippen LogP contribution >= 0.6 is 11.6 Å². The maximum Gasteiger partial charge on any atom is 0.309 e. The summed E-state index contributed by atoms with van der Waals surface area (Å²) in [5.74, 6) is 0.225. The second-order valence-corrected chi connectivity index (χ2v) is 4.90. The van der Waals surface area contributed by atoms with Crippen LogP contribution in [0.3, 0.4) is 0 Å². The minimum Gasteiger partial charge on any atom is -0.469 e. The molecule has 1 aromatic carbocycles. The second kappa shape index (κ2) is 6.21. The third-order valence-electron chi connectivity index (χ3n) is 3.30. The summed E-state index contributed by atoms with van der Waals surface area (Å²) in [6, 6.07) is 5.84. The van der Waals surface area contributed by atoms with Gasteiger partial charge in [0.1, 0.15) is 0 Å². The van der Waals surface area contributed by atoms with Gasteiger partial charge >= 0.3 is 5.97 Å². The molecule has 1 aliphatic heterocycles. The number of esters is 1. The summed E-state index contributed by atoms with van der Waals surface area (Å²) in [6.07, 6.45) is 2.29. The largest absolute Gasteiger partial charge is 0.469 e. The highest BCUT2D eigenvalue weighted by atomic mass is 35.5. The van der Waals surface area contributed by atoms with Crippen LogP contribution in [0.1, 0.15) is 29.9 Å². The molecular weight excluding hydrogens is 252 g/mol. The summed E-state index contributed by atoms with van der Waals surface area (Å²) in [6.45, 7) is 1.59. The third-order valence-corrected chi connectivity index (χ3v) is 3.63. The molecule has 1 aromatic rings. The number of ether oxygens (including phenoxy) is 2. The number of carbonyl (C=O) groups is 1. The Kier molecular flexibility index (Phi) is 4.61. The minimum absolute atomic E-state index is 0.245. The van der Waals surface area contributed by atoms with Gasteiger partial charge in [-0.2, -0.15) is 0 Å². The van der Waals surface area contributed by atoms with Crippen molar-refractivity contribution in [1.29, 1.82) is 0 Å². The smallest absolute Gasteiger partial charge is 0.309 e. The van der Waals surface area contributed by atoms with Gasteiger partial charge in [0.15, 0.2) is 0 Å². The van der Waals surface area contributed by atoms with Gasteiger partial charge < -0.3 is 9.47 Å². The molecule has 98 valence electrons. The Balaban J connectivity index is 2.11. The van der Waals surface area contributed by atoms with Crippen molar-refractivity contribution in [3.8, 4) is 0 Å². The van der Waals surface area contributed by atoms with E-state index in [0.717, 1.165) is 42.2 Å². The van der Waals surface area contributed by atoms with Gasteiger partial charge in [-0.05, 0) is 36.0 Å². The lowest BCUT2D eigenvalue weighted by molar-refractivity contribution is -0.139. The van der Waals surface area contributed by atoms with Crippen molar-refractivity contribution in [3.05, 3.63) is 34.3 Å². The molecule has 0 bridgehead atoms. The van der Waals surface area contributed by atoms with E-state index in [-0.39, 0.29) is 12.4 Å². The average molecular weight is 269 g/mol. The number of carbonyl (C=O) groups excluding carboxylic acids is 1. The van der Waals surface area contributed by atoms with E-state index in [1.807, 2.05) is 18.2 Å². The van der Waals surface area contributed by atoms with Crippen molar-refractivity contribution >= 4 is 17.6 Å². The fourth-order valence-electron chi connectivity index (χ4n) is 2.26. The molecule has 0 spiro atoms. The number of rotatable bonds is 3. The molecule has 1 saturated heterocycles. The van der Waals surface area contributed by atoms with Crippen LogP contribution in [-0.2, 0) is 20.7 Å². The Labute approximate surface area is 112 Å². The first kappa shape index (κ1) is 13.4. The summed E-state index contributed by atoms with van der Waals surface area (Å²) < 4.78 is 9.99. The van der Waals surface area contributed by atoms with E-state index in [0.29, 0.717) is 5.92 Å². The van der Waals surface area contributed by atoms with Crippen molar-refractivity contribution in [2.75, 3.05) is 20.3 Å². The van der Waals surface area contributed by atoms with Crippen molar-refractivity contribution in [2.24, 2.45) is 0 Å². The van der Waals surface area contributed by atoms with Gasteiger partial charge in [0.25, 0.3) is 0 Å². The van der Waals surface area contributed by atoms with Gasteiger partial charge in [0.05, 0.1) is 13.5 Å². The molecule has 2 rings (SSSR count). The molecule has 0 unspecified atom stereocenters. The van der Waals surface area contributed by atoms with Crippen LogP contribution in [0.15, 0.2) is 18.2 Å². The Bertz CT molecular complexity index is 425. The predicted molar refractivity (Wildman–Crippen MR) is 70.0 cm³/mol. The lowest BCUT2D eigenvalue weighted by Crippen LogP contribution is -2.14. The van der Waals surface area contributed by atoms with Gasteiger partial charge in [-0.1, -0.05) is 23.7 Å². The number of methoxy groups -OCH3 is 1. The monoisotopic (exact) mass is 268 g/mol. The van der Waals surface area contributed by atoms with Crippen LogP contribution < -0.4 is 0 Å². The molecule has 0 saturated carbocycles. The second-order valence-electron chi connectivity index (χ2n) is 4.50. The Morgan fingerprint density at radius 1 is 1.44 bits per heavy atom. The topological polar surface area (TPSA) is 35.5 Å². The number of benzene rings is 1. The molecule has 4 heteroatoms. The Morgan fingerprint density at radius 3 is 2.78 bits per heavy atom. The molecule has 0 aliphatic carbocycles. The maximum atomic E-state index is 11.2. The van der Waals surface area contributed by atoms with Gasteiger partial charge in [-0.15, -0.1) is 0 Å². The van der Waals surface area contributed by atoms with E-state index in [4.69, 9.17) is 16.3 Å². The molecule has 1 aliphatic rings. The van der Waals surface area contributed by atoms with Crippen LogP contribution in [0.4, 0.5) is 0 Å². The summed E-state index contributed by atoms with van der Waals surface area (Å²) in [7, 11) is 1.39. The zero-order valence-electron chi connectivity index (χ0n) is 10.4. The van der Waals surface area contributed by atoms with Crippen LogP contribution in [-0.4, -0.2) is 26.3 Å². The van der Waals surface area contributed by atoms with Crippen LogP contribution in [0.25, 0.3) is 0 Å². The first-order chi connectivity index (χ1) is 8.70. The zero-order chi connectivity index (χ0) is 13.0. The SMILES string of the molecule is COC(=O)Cc1ccc(C2CCOCC2)c(Cl)c1. The number of halogens is 1. The standard InChI is InChI=1S/C14H17ClO3/c1-17-14(16)9-10-2-3-12(13(15)8-10)11-4-6-18-7-5-11/h2-3,8,11H,4-7,9H2,1H3. The van der Waals surface area contributed by atoms with E-state index >= 15 is 0 Å². The van der Waals surface area contributed by atoms with Crippen molar-refractivity contribution in [2.45, 2.75) is 25.2 Å². The first-order valence-corrected chi connectivity index (χ1v) is 6.51. The van der Waals surface area contributed by atoms with Crippen LogP contribution in [0.2, 0.25) is 5.02 Å². The van der Waals surface area contributed by atoms with Crippen LogP contribution in [0.5, 0.6) is 0 Å². The Hall–Kier alpha value is -1.06. The quantitative estimate of drug-likeness (QED) is 0.791. The number of hydrogen-bond donors (Lipinski definition) is 0. The fraction of sp³-hybridized carbons (Fsp3) is 0.500. The summed E-state index contributed by atoms with van der Waals surface area (Å²) in [5.41, 5.74) is 2.05. The van der Waals surface area contributed by atoms with E-state index in [9.17, 15) is 4.79 Å². The minimum atomic E-state index is -0.245. The molecule has 1 heterocycles. The molecule has 0 N–H and O–H groups in total. The van der Waals surface area contributed by atoms with E-state index in [2.05, 4.69) is 4.74 Å². The predicted octanol–water partition coefficient (Wildman–Crippen LogP) is 2.95. The van der Waals surface area contributed by atoms with Gasteiger partial charge in [-0.3, -0.25) is 4.79 Å². The maximum absolute atomic E-state index is 11.2. The van der Waals surface area contributed by atoms with Gasteiger partial charge in [0.2, 0.25) is 0 Å². The van der Waals surface area contributed by atoms with E-state index in [1.165, 1.54) is 7.11 Å². The molecular formula is C14H17ClO3. The average Bonchev–Trinajstić information content (AvgIpc) is 2.40.